The maximum Gasteiger partial charge on any atom is 0.123 e. The van der Waals surface area contributed by atoms with E-state index in [2.05, 4.69) is 5.32 Å². The summed E-state index contributed by atoms with van der Waals surface area (Å²) in [6, 6.07) is 16.4. The molecule has 0 aliphatic rings. The van der Waals surface area contributed by atoms with Crippen molar-refractivity contribution in [3.63, 3.8) is 0 Å². The average Bonchev–Trinajstić information content (AvgIpc) is 3.13. The summed E-state index contributed by atoms with van der Waals surface area (Å²) >= 11 is 1.83. The number of rotatable bonds is 10. The van der Waals surface area contributed by atoms with Gasteiger partial charge in [0, 0.05) is 42.8 Å². The number of hydrogen-bond donors (Lipinski definition) is 2. The van der Waals surface area contributed by atoms with Crippen LogP contribution in [0.25, 0.3) is 16.9 Å². The van der Waals surface area contributed by atoms with Crippen LogP contribution in [0.4, 0.5) is 4.39 Å². The lowest BCUT2D eigenvalue weighted by atomic mass is 10.1. The topological polar surface area (TPSA) is 50.1 Å². The van der Waals surface area contributed by atoms with Crippen LogP contribution in [-0.4, -0.2) is 39.5 Å². The first-order chi connectivity index (χ1) is 13.3. The third-order valence-electron chi connectivity index (χ3n) is 4.11. The predicted molar refractivity (Wildman–Crippen MR) is 110 cm³/mol. The van der Waals surface area contributed by atoms with Crippen molar-refractivity contribution in [2.24, 2.45) is 0 Å². The Morgan fingerprint density at radius 2 is 1.81 bits per heavy atom. The number of para-hydroxylation sites is 1. The first-order valence-corrected chi connectivity index (χ1v) is 10.2. The Labute approximate surface area is 163 Å². The second kappa shape index (κ2) is 10.3. The first kappa shape index (κ1) is 19.6. The fourth-order valence-corrected chi connectivity index (χ4v) is 3.56. The summed E-state index contributed by atoms with van der Waals surface area (Å²) in [6.45, 7) is 1.83. The molecule has 0 radical (unpaired) electrons. The van der Waals surface area contributed by atoms with Crippen LogP contribution in [0.15, 0.2) is 60.8 Å². The van der Waals surface area contributed by atoms with E-state index in [9.17, 15) is 4.39 Å². The molecule has 0 fully saturated rings. The van der Waals surface area contributed by atoms with Crippen LogP contribution in [0.1, 0.15) is 12.0 Å². The summed E-state index contributed by atoms with van der Waals surface area (Å²) in [5.74, 6) is 1.73. The van der Waals surface area contributed by atoms with Crippen molar-refractivity contribution >= 4 is 11.8 Å². The number of aromatic nitrogens is 2. The van der Waals surface area contributed by atoms with E-state index in [1.807, 2.05) is 53.0 Å². The quantitative estimate of drug-likeness (QED) is 0.520. The lowest BCUT2D eigenvalue weighted by molar-refractivity contribution is 0.296. The number of benzene rings is 2. The van der Waals surface area contributed by atoms with Gasteiger partial charge in [-0.25, -0.2) is 9.07 Å². The fraction of sp³-hybridized carbons (Fsp3) is 0.286. The average molecular weight is 386 g/mol. The number of nitrogens with zero attached hydrogens (tertiary/aromatic N) is 2. The summed E-state index contributed by atoms with van der Waals surface area (Å²) in [5.41, 5.74) is 3.83. The van der Waals surface area contributed by atoms with Gasteiger partial charge in [-0.3, -0.25) is 0 Å². The Bertz CT molecular complexity index is 821. The zero-order chi connectivity index (χ0) is 18.9. The molecule has 0 saturated heterocycles. The van der Waals surface area contributed by atoms with Gasteiger partial charge in [0.2, 0.25) is 0 Å². The number of halogens is 1. The van der Waals surface area contributed by atoms with Gasteiger partial charge in [-0.2, -0.15) is 16.9 Å². The Balaban J connectivity index is 1.72. The van der Waals surface area contributed by atoms with E-state index >= 15 is 0 Å². The predicted octanol–water partition coefficient (Wildman–Crippen LogP) is 3.88. The number of aliphatic hydroxyl groups is 1. The van der Waals surface area contributed by atoms with Gasteiger partial charge in [0.1, 0.15) is 5.82 Å². The van der Waals surface area contributed by atoms with E-state index in [1.54, 1.807) is 12.1 Å². The normalized spacial score (nSPS) is 11.0. The van der Waals surface area contributed by atoms with Crippen LogP contribution in [0, 0.1) is 5.82 Å². The minimum absolute atomic E-state index is 0.249. The molecule has 142 valence electrons. The number of nitrogens with one attached hydrogen (secondary N) is 1. The molecular formula is C21H24FN3OS. The van der Waals surface area contributed by atoms with Crippen molar-refractivity contribution in [1.29, 1.82) is 0 Å². The number of thioether (sulfide) groups is 1. The highest BCUT2D eigenvalue weighted by Crippen LogP contribution is 2.24. The molecular weight excluding hydrogens is 361 g/mol. The minimum atomic E-state index is -0.249. The molecule has 0 saturated carbocycles. The highest BCUT2D eigenvalue weighted by atomic mass is 32.2. The molecule has 0 aliphatic carbocycles. The second-order valence-corrected chi connectivity index (χ2v) is 7.38. The molecule has 6 heteroatoms. The van der Waals surface area contributed by atoms with Crippen molar-refractivity contribution in [2.75, 3.05) is 24.7 Å². The maximum absolute atomic E-state index is 13.3. The Hall–Kier alpha value is -2.15. The molecule has 3 aromatic rings. The molecule has 0 atom stereocenters. The Morgan fingerprint density at radius 1 is 1.04 bits per heavy atom. The standard InChI is InChI=1S/C21H24FN3OS/c22-19-9-7-17(8-10-19)21-18(15-23-11-14-27-13-4-12-26)16-25(24-21)20-5-2-1-3-6-20/h1-3,5-10,16,23,26H,4,11-15H2. The van der Waals surface area contributed by atoms with E-state index in [1.165, 1.54) is 12.1 Å². The van der Waals surface area contributed by atoms with Crippen LogP contribution >= 0.6 is 11.8 Å². The first-order valence-electron chi connectivity index (χ1n) is 9.07. The summed E-state index contributed by atoms with van der Waals surface area (Å²) in [7, 11) is 0. The van der Waals surface area contributed by atoms with Crippen LogP contribution in [-0.2, 0) is 6.54 Å². The summed E-state index contributed by atoms with van der Waals surface area (Å²) in [5, 5.41) is 17.0. The molecule has 0 amide bonds. The van der Waals surface area contributed by atoms with Gasteiger partial charge in [-0.15, -0.1) is 0 Å². The van der Waals surface area contributed by atoms with Gasteiger partial charge >= 0.3 is 0 Å². The lowest BCUT2D eigenvalue weighted by Gasteiger charge is -2.05. The van der Waals surface area contributed by atoms with Crippen LogP contribution in [0.5, 0.6) is 0 Å². The highest BCUT2D eigenvalue weighted by Gasteiger charge is 2.12. The van der Waals surface area contributed by atoms with Gasteiger partial charge < -0.3 is 10.4 Å². The number of hydrogen-bond acceptors (Lipinski definition) is 4. The zero-order valence-corrected chi connectivity index (χ0v) is 16.0. The SMILES string of the molecule is OCCCSCCNCc1cn(-c2ccccc2)nc1-c1ccc(F)cc1. The Kier molecular flexibility index (Phi) is 7.45. The lowest BCUT2D eigenvalue weighted by Crippen LogP contribution is -2.17. The minimum Gasteiger partial charge on any atom is -0.396 e. The van der Waals surface area contributed by atoms with E-state index in [4.69, 9.17) is 10.2 Å². The van der Waals surface area contributed by atoms with E-state index < -0.39 is 0 Å². The van der Waals surface area contributed by atoms with Gasteiger partial charge in [0.05, 0.1) is 11.4 Å². The van der Waals surface area contributed by atoms with Crippen LogP contribution < -0.4 is 5.32 Å². The smallest absolute Gasteiger partial charge is 0.123 e. The molecule has 1 heterocycles. The summed E-state index contributed by atoms with van der Waals surface area (Å²) < 4.78 is 15.2. The summed E-state index contributed by atoms with van der Waals surface area (Å²) in [6.07, 6.45) is 2.86. The van der Waals surface area contributed by atoms with E-state index in [-0.39, 0.29) is 12.4 Å². The third kappa shape index (κ3) is 5.66. The molecule has 3 rings (SSSR count). The largest absolute Gasteiger partial charge is 0.396 e. The molecule has 1 aromatic heterocycles. The molecule has 0 bridgehead atoms. The van der Waals surface area contributed by atoms with Crippen molar-refractivity contribution in [3.8, 4) is 16.9 Å². The monoisotopic (exact) mass is 385 g/mol. The van der Waals surface area contributed by atoms with Crippen LogP contribution in [0.2, 0.25) is 0 Å². The second-order valence-electron chi connectivity index (χ2n) is 6.16. The van der Waals surface area contributed by atoms with Crippen molar-refractivity contribution in [2.45, 2.75) is 13.0 Å². The summed E-state index contributed by atoms with van der Waals surface area (Å²) in [4.78, 5) is 0. The van der Waals surface area contributed by atoms with Crippen molar-refractivity contribution in [3.05, 3.63) is 72.2 Å². The zero-order valence-electron chi connectivity index (χ0n) is 15.1. The molecule has 0 unspecified atom stereocenters. The van der Waals surface area contributed by atoms with Crippen molar-refractivity contribution < 1.29 is 9.50 Å². The van der Waals surface area contributed by atoms with Gasteiger partial charge in [-0.05, 0) is 48.6 Å². The van der Waals surface area contributed by atoms with Crippen LogP contribution in [0.3, 0.4) is 0 Å². The van der Waals surface area contributed by atoms with Gasteiger partial charge in [-0.1, -0.05) is 18.2 Å². The van der Waals surface area contributed by atoms with E-state index in [0.717, 1.165) is 47.0 Å². The molecule has 2 N–H and O–H groups in total. The highest BCUT2D eigenvalue weighted by molar-refractivity contribution is 7.99. The molecule has 27 heavy (non-hydrogen) atoms. The molecule has 4 nitrogen and oxygen atoms in total. The van der Waals surface area contributed by atoms with Gasteiger partial charge in [0.25, 0.3) is 0 Å². The van der Waals surface area contributed by atoms with Crippen molar-refractivity contribution in [1.82, 2.24) is 15.1 Å². The fourth-order valence-electron chi connectivity index (χ4n) is 2.74. The number of aliphatic hydroxyl groups excluding tert-OH is 1. The maximum atomic E-state index is 13.3. The third-order valence-corrected chi connectivity index (χ3v) is 5.18. The molecule has 0 aliphatic heterocycles. The Morgan fingerprint density at radius 3 is 2.56 bits per heavy atom. The van der Waals surface area contributed by atoms with Gasteiger partial charge in [0.15, 0.2) is 0 Å². The molecule has 2 aromatic carbocycles. The van der Waals surface area contributed by atoms with E-state index in [0.29, 0.717) is 6.54 Å². The molecule has 0 spiro atoms.